The van der Waals surface area contributed by atoms with Gasteiger partial charge in [0.05, 0.1) is 17.9 Å². The summed E-state index contributed by atoms with van der Waals surface area (Å²) in [5.41, 5.74) is 10.7. The summed E-state index contributed by atoms with van der Waals surface area (Å²) >= 11 is 0. The number of aromatic nitrogens is 1. The predicted octanol–water partition coefficient (Wildman–Crippen LogP) is 3.70. The van der Waals surface area contributed by atoms with Crippen molar-refractivity contribution in [1.82, 2.24) is 4.98 Å². The molecule has 1 aromatic carbocycles. The molecule has 0 unspecified atom stereocenters. The van der Waals surface area contributed by atoms with Gasteiger partial charge in [0.15, 0.2) is 0 Å². The molecule has 2 fully saturated rings. The Kier molecular flexibility index (Phi) is 4.77. The highest BCUT2D eigenvalue weighted by molar-refractivity contribution is 5.68. The number of hydrogen-bond donors (Lipinski definition) is 1. The van der Waals surface area contributed by atoms with Crippen molar-refractivity contribution in [2.75, 3.05) is 36.9 Å². The summed E-state index contributed by atoms with van der Waals surface area (Å²) in [5, 5.41) is 9.49. The lowest BCUT2D eigenvalue weighted by molar-refractivity contribution is 0.194. The maximum absolute atomic E-state index is 9.49. The van der Waals surface area contributed by atoms with Crippen molar-refractivity contribution < 1.29 is 4.74 Å². The average Bonchev–Trinajstić information content (AvgIpc) is 3.23. The van der Waals surface area contributed by atoms with Gasteiger partial charge < -0.3 is 15.4 Å². The fraction of sp³-hybridized carbons (Fsp3) is 0.429. The van der Waals surface area contributed by atoms with E-state index >= 15 is 0 Å². The largest absolute Gasteiger partial charge is 0.383 e. The van der Waals surface area contributed by atoms with Crippen LogP contribution in [0.3, 0.4) is 0 Å². The standard InChI is InChI=1S/C21H24N4O/c22-13-19-18(16-8-11-26-14-16)12-20(24-21(19)23)15-4-6-17(7-5-15)25-9-2-1-3-10-25/h4-7,12,16H,1-3,8-11,14H2,(H2,23,24)/t16-/m1/s1. The molecule has 0 bridgehead atoms. The predicted molar refractivity (Wildman–Crippen MR) is 103 cm³/mol. The van der Waals surface area contributed by atoms with Crippen molar-refractivity contribution in [3.63, 3.8) is 0 Å². The van der Waals surface area contributed by atoms with E-state index in [-0.39, 0.29) is 5.92 Å². The molecule has 0 spiro atoms. The molecule has 2 saturated heterocycles. The molecule has 0 aliphatic carbocycles. The van der Waals surface area contributed by atoms with Gasteiger partial charge in [-0.25, -0.2) is 4.98 Å². The maximum atomic E-state index is 9.49. The quantitative estimate of drug-likeness (QED) is 0.915. The third-order valence-electron chi connectivity index (χ3n) is 5.44. The lowest BCUT2D eigenvalue weighted by atomic mass is 9.93. The summed E-state index contributed by atoms with van der Waals surface area (Å²) in [6, 6.07) is 12.8. The van der Waals surface area contributed by atoms with Crippen LogP contribution in [-0.4, -0.2) is 31.3 Å². The topological polar surface area (TPSA) is 75.2 Å². The molecule has 0 saturated carbocycles. The lowest BCUT2D eigenvalue weighted by Crippen LogP contribution is -2.29. The first-order valence-electron chi connectivity index (χ1n) is 9.40. The summed E-state index contributed by atoms with van der Waals surface area (Å²) in [4.78, 5) is 6.93. The number of nitrogens with zero attached hydrogens (tertiary/aromatic N) is 3. The Labute approximate surface area is 154 Å². The van der Waals surface area contributed by atoms with Crippen molar-refractivity contribution in [2.24, 2.45) is 0 Å². The Morgan fingerprint density at radius 2 is 1.92 bits per heavy atom. The van der Waals surface area contributed by atoms with Gasteiger partial charge in [-0.05, 0) is 49.4 Å². The van der Waals surface area contributed by atoms with Gasteiger partial charge in [-0.2, -0.15) is 5.26 Å². The molecule has 3 heterocycles. The minimum atomic E-state index is 0.223. The van der Waals surface area contributed by atoms with Crippen LogP contribution in [0.25, 0.3) is 11.3 Å². The van der Waals surface area contributed by atoms with E-state index in [9.17, 15) is 5.26 Å². The number of rotatable bonds is 3. The van der Waals surface area contributed by atoms with E-state index in [4.69, 9.17) is 10.5 Å². The minimum absolute atomic E-state index is 0.223. The Morgan fingerprint density at radius 3 is 2.58 bits per heavy atom. The van der Waals surface area contributed by atoms with E-state index in [1.54, 1.807) is 0 Å². The van der Waals surface area contributed by atoms with Crippen molar-refractivity contribution >= 4 is 11.5 Å². The molecule has 26 heavy (non-hydrogen) atoms. The van der Waals surface area contributed by atoms with Crippen LogP contribution in [0.1, 0.15) is 42.7 Å². The second-order valence-corrected chi connectivity index (χ2v) is 7.12. The zero-order valence-corrected chi connectivity index (χ0v) is 14.9. The second kappa shape index (κ2) is 7.35. The van der Waals surface area contributed by atoms with Gasteiger partial charge in [0.1, 0.15) is 11.9 Å². The summed E-state index contributed by atoms with van der Waals surface area (Å²) in [6.07, 6.45) is 4.78. The first-order valence-corrected chi connectivity index (χ1v) is 9.40. The van der Waals surface area contributed by atoms with Crippen LogP contribution in [0, 0.1) is 11.3 Å². The number of benzene rings is 1. The molecular formula is C21H24N4O. The molecule has 1 atom stereocenters. The van der Waals surface area contributed by atoms with Gasteiger partial charge in [0.25, 0.3) is 0 Å². The van der Waals surface area contributed by atoms with Crippen molar-refractivity contribution in [1.29, 1.82) is 5.26 Å². The first kappa shape index (κ1) is 16.9. The van der Waals surface area contributed by atoms with E-state index in [1.165, 1.54) is 24.9 Å². The fourth-order valence-corrected chi connectivity index (χ4v) is 3.95. The Morgan fingerprint density at radius 1 is 1.15 bits per heavy atom. The fourth-order valence-electron chi connectivity index (χ4n) is 3.95. The third-order valence-corrected chi connectivity index (χ3v) is 5.44. The van der Waals surface area contributed by atoms with Crippen LogP contribution in [0.4, 0.5) is 11.5 Å². The monoisotopic (exact) mass is 348 g/mol. The molecule has 134 valence electrons. The first-order chi connectivity index (χ1) is 12.8. The zero-order valence-electron chi connectivity index (χ0n) is 14.9. The van der Waals surface area contributed by atoms with Crippen LogP contribution >= 0.6 is 0 Å². The van der Waals surface area contributed by atoms with Crippen molar-refractivity contribution in [3.8, 4) is 17.3 Å². The highest BCUT2D eigenvalue weighted by Crippen LogP contribution is 2.33. The number of nitriles is 1. The van der Waals surface area contributed by atoms with Crippen LogP contribution < -0.4 is 10.6 Å². The van der Waals surface area contributed by atoms with Gasteiger partial charge in [-0.3, -0.25) is 0 Å². The average molecular weight is 348 g/mol. The van der Waals surface area contributed by atoms with E-state index in [1.807, 2.05) is 6.07 Å². The van der Waals surface area contributed by atoms with Gasteiger partial charge in [0.2, 0.25) is 0 Å². The minimum Gasteiger partial charge on any atom is -0.383 e. The maximum Gasteiger partial charge on any atom is 0.142 e. The molecule has 1 aromatic heterocycles. The number of nitrogens with two attached hydrogens (primary N) is 1. The lowest BCUT2D eigenvalue weighted by Gasteiger charge is -2.28. The Bertz CT molecular complexity index is 813. The third kappa shape index (κ3) is 3.25. The van der Waals surface area contributed by atoms with Crippen LogP contribution in [0.2, 0.25) is 0 Å². The highest BCUT2D eigenvalue weighted by atomic mass is 16.5. The Hall–Kier alpha value is -2.58. The van der Waals surface area contributed by atoms with Crippen molar-refractivity contribution in [2.45, 2.75) is 31.6 Å². The molecule has 5 nitrogen and oxygen atoms in total. The van der Waals surface area contributed by atoms with Crippen LogP contribution in [-0.2, 0) is 4.74 Å². The van der Waals surface area contributed by atoms with E-state index in [0.29, 0.717) is 18.0 Å². The molecule has 5 heteroatoms. The molecular weight excluding hydrogens is 324 g/mol. The van der Waals surface area contributed by atoms with Crippen LogP contribution in [0.15, 0.2) is 30.3 Å². The van der Waals surface area contributed by atoms with Gasteiger partial charge in [-0.15, -0.1) is 0 Å². The molecule has 2 aromatic rings. The molecule has 2 aliphatic rings. The molecule has 2 N–H and O–H groups in total. The smallest absolute Gasteiger partial charge is 0.142 e. The summed E-state index contributed by atoms with van der Waals surface area (Å²) < 4.78 is 5.50. The SMILES string of the molecule is N#Cc1c([C@@H]2CCOC2)cc(-c2ccc(N3CCCCC3)cc2)nc1N. The normalized spacial score (nSPS) is 20.1. The van der Waals surface area contributed by atoms with Crippen molar-refractivity contribution in [3.05, 3.63) is 41.5 Å². The Balaban J connectivity index is 1.65. The van der Waals surface area contributed by atoms with Gasteiger partial charge in [0, 0.05) is 36.9 Å². The highest BCUT2D eigenvalue weighted by Gasteiger charge is 2.23. The molecule has 0 amide bonds. The number of ether oxygens (including phenoxy) is 1. The number of hydrogen-bond acceptors (Lipinski definition) is 5. The molecule has 4 rings (SSSR count). The van der Waals surface area contributed by atoms with Gasteiger partial charge in [-0.1, -0.05) is 12.1 Å². The van der Waals surface area contributed by atoms with E-state index < -0.39 is 0 Å². The van der Waals surface area contributed by atoms with E-state index in [2.05, 4.69) is 40.2 Å². The number of anilines is 2. The summed E-state index contributed by atoms with van der Waals surface area (Å²) in [7, 11) is 0. The van der Waals surface area contributed by atoms with Gasteiger partial charge >= 0.3 is 0 Å². The number of pyridine rings is 1. The van der Waals surface area contributed by atoms with E-state index in [0.717, 1.165) is 42.9 Å². The number of piperidine rings is 1. The molecule has 0 radical (unpaired) electrons. The van der Waals surface area contributed by atoms with Crippen LogP contribution in [0.5, 0.6) is 0 Å². The summed E-state index contributed by atoms with van der Waals surface area (Å²) in [5.74, 6) is 0.535. The second-order valence-electron chi connectivity index (χ2n) is 7.12. The molecule has 2 aliphatic heterocycles. The summed E-state index contributed by atoms with van der Waals surface area (Å²) in [6.45, 7) is 3.64. The zero-order chi connectivity index (χ0) is 17.9. The number of nitrogen functional groups attached to an aromatic ring is 1.